The molecule has 0 N–H and O–H groups in total. The maximum atomic E-state index is 14.2. The normalized spacial score (nSPS) is 21.0. The number of methoxy groups -OCH3 is 1. The number of ketones is 1. The van der Waals surface area contributed by atoms with E-state index in [1.54, 1.807) is 25.3 Å². The molecular formula is C23H24ClFN2O2. The lowest BCUT2D eigenvalue weighted by Gasteiger charge is -2.39. The maximum absolute atomic E-state index is 14.2. The quantitative estimate of drug-likeness (QED) is 0.695. The number of carbonyl (C=O) groups excluding carboxylic acids is 1. The lowest BCUT2D eigenvalue weighted by Crippen LogP contribution is -2.50. The van der Waals surface area contributed by atoms with Crippen LogP contribution in [0, 0.1) is 5.82 Å². The fourth-order valence-electron chi connectivity index (χ4n) is 4.03. The monoisotopic (exact) mass is 414 g/mol. The van der Waals surface area contributed by atoms with E-state index in [1.807, 2.05) is 6.07 Å². The number of hydrogen-bond acceptors (Lipinski definition) is 4. The molecule has 4 nitrogen and oxygen atoms in total. The Hall–Kier alpha value is -2.37. The number of carbonyl (C=O) groups is 1. The van der Waals surface area contributed by atoms with Crippen molar-refractivity contribution in [2.24, 2.45) is 0 Å². The fraction of sp³-hybridized carbons (Fsp3) is 0.348. The van der Waals surface area contributed by atoms with Crippen molar-refractivity contribution >= 4 is 29.1 Å². The number of benzene rings is 2. The Labute approximate surface area is 175 Å². The summed E-state index contributed by atoms with van der Waals surface area (Å²) in [5.41, 5.74) is 3.54. The van der Waals surface area contributed by atoms with Gasteiger partial charge in [-0.2, -0.15) is 0 Å². The van der Waals surface area contributed by atoms with Crippen molar-refractivity contribution in [1.82, 2.24) is 4.90 Å². The third-order valence-electron chi connectivity index (χ3n) is 5.91. The molecule has 0 radical (unpaired) electrons. The van der Waals surface area contributed by atoms with Crippen LogP contribution in [-0.2, 0) is 6.42 Å². The van der Waals surface area contributed by atoms with Crippen LogP contribution in [0.1, 0.15) is 28.4 Å². The fourth-order valence-corrected chi connectivity index (χ4v) is 4.19. The van der Waals surface area contributed by atoms with Gasteiger partial charge in [0.05, 0.1) is 12.8 Å². The second kappa shape index (κ2) is 7.81. The molecule has 1 atom stereocenters. The van der Waals surface area contributed by atoms with Crippen molar-refractivity contribution in [3.63, 3.8) is 0 Å². The number of rotatable bonds is 3. The Morgan fingerprint density at radius 2 is 2.03 bits per heavy atom. The summed E-state index contributed by atoms with van der Waals surface area (Å²) in [6.45, 7) is 4.99. The van der Waals surface area contributed by atoms with Gasteiger partial charge in [-0.1, -0.05) is 17.7 Å². The number of ether oxygens (including phenoxy) is 1. The van der Waals surface area contributed by atoms with Gasteiger partial charge in [0.2, 0.25) is 0 Å². The van der Waals surface area contributed by atoms with Gasteiger partial charge in [0, 0.05) is 53.8 Å². The summed E-state index contributed by atoms with van der Waals surface area (Å²) in [6, 6.07) is 8.80. The number of hydrogen-bond donors (Lipinski definition) is 0. The average Bonchev–Trinajstić information content (AvgIpc) is 3.00. The van der Waals surface area contributed by atoms with Gasteiger partial charge < -0.3 is 14.5 Å². The average molecular weight is 415 g/mol. The zero-order valence-electron chi connectivity index (χ0n) is 16.8. The van der Waals surface area contributed by atoms with Gasteiger partial charge in [-0.25, -0.2) is 4.39 Å². The predicted octanol–water partition coefficient (Wildman–Crippen LogP) is 4.45. The molecule has 2 aliphatic rings. The van der Waals surface area contributed by atoms with Crippen molar-refractivity contribution in [1.29, 1.82) is 0 Å². The minimum absolute atomic E-state index is 0.0778. The lowest BCUT2D eigenvalue weighted by molar-refractivity contribution is 0.104. The van der Waals surface area contributed by atoms with E-state index < -0.39 is 5.82 Å². The van der Waals surface area contributed by atoms with Gasteiger partial charge in [0.15, 0.2) is 5.78 Å². The van der Waals surface area contributed by atoms with Crippen LogP contribution < -0.4 is 9.64 Å². The standard InChI is InChI=1S/C23H24ClFN2O2/c1-14-13-27(7-6-26(14)2)21-10-16-9-17(23(28)19(16)12-22(21)29-3)8-15-4-5-18(24)11-20(15)25/h4-5,8,10-12,14H,6-7,9,13H2,1-3H3. The molecule has 1 unspecified atom stereocenters. The van der Waals surface area contributed by atoms with Crippen molar-refractivity contribution in [2.75, 3.05) is 38.7 Å². The Balaban J connectivity index is 1.68. The lowest BCUT2D eigenvalue weighted by atomic mass is 10.1. The van der Waals surface area contributed by atoms with Crippen LogP contribution in [0.4, 0.5) is 10.1 Å². The molecule has 0 aromatic heterocycles. The van der Waals surface area contributed by atoms with Gasteiger partial charge >= 0.3 is 0 Å². The van der Waals surface area contributed by atoms with Crippen LogP contribution in [0.5, 0.6) is 5.75 Å². The SMILES string of the molecule is COc1cc2c(cc1N1CCN(C)C(C)C1)CC(=Cc1ccc(Cl)cc1F)C2=O. The molecule has 2 aromatic rings. The smallest absolute Gasteiger partial charge is 0.189 e. The van der Waals surface area contributed by atoms with E-state index >= 15 is 0 Å². The zero-order valence-corrected chi connectivity index (χ0v) is 17.6. The van der Waals surface area contributed by atoms with Crippen LogP contribution in [-0.4, -0.2) is 50.5 Å². The minimum atomic E-state index is -0.432. The summed E-state index contributed by atoms with van der Waals surface area (Å²) >= 11 is 5.83. The minimum Gasteiger partial charge on any atom is -0.495 e. The van der Waals surface area contributed by atoms with E-state index in [4.69, 9.17) is 16.3 Å². The van der Waals surface area contributed by atoms with Crippen LogP contribution >= 0.6 is 11.6 Å². The first-order valence-corrected chi connectivity index (χ1v) is 10.1. The van der Waals surface area contributed by atoms with E-state index in [-0.39, 0.29) is 5.78 Å². The number of Topliss-reactive ketones (excluding diaryl/α,β-unsaturated/α-hetero) is 1. The molecule has 152 valence electrons. The largest absolute Gasteiger partial charge is 0.495 e. The van der Waals surface area contributed by atoms with E-state index in [2.05, 4.69) is 29.8 Å². The van der Waals surface area contributed by atoms with Gasteiger partial charge in [-0.3, -0.25) is 4.79 Å². The molecule has 0 saturated carbocycles. The highest BCUT2D eigenvalue weighted by Gasteiger charge is 2.30. The first-order valence-electron chi connectivity index (χ1n) is 9.73. The molecular weight excluding hydrogens is 391 g/mol. The number of likely N-dealkylation sites (N-methyl/N-ethyl adjacent to an activating group) is 1. The second-order valence-electron chi connectivity index (χ2n) is 7.80. The highest BCUT2D eigenvalue weighted by Crippen LogP contribution is 2.38. The van der Waals surface area contributed by atoms with Crippen molar-refractivity contribution in [2.45, 2.75) is 19.4 Å². The third kappa shape index (κ3) is 3.77. The molecule has 1 fully saturated rings. The Morgan fingerprint density at radius 3 is 2.72 bits per heavy atom. The highest BCUT2D eigenvalue weighted by atomic mass is 35.5. The second-order valence-corrected chi connectivity index (χ2v) is 8.23. The number of nitrogens with zero attached hydrogens (tertiary/aromatic N) is 2. The topological polar surface area (TPSA) is 32.8 Å². The van der Waals surface area contributed by atoms with Gasteiger partial charge in [-0.05, 0) is 49.9 Å². The summed E-state index contributed by atoms with van der Waals surface area (Å²) < 4.78 is 19.8. The predicted molar refractivity (Wildman–Crippen MR) is 115 cm³/mol. The highest BCUT2D eigenvalue weighted by molar-refractivity contribution is 6.30. The van der Waals surface area contributed by atoms with Crippen molar-refractivity contribution < 1.29 is 13.9 Å². The molecule has 0 amide bonds. The van der Waals surface area contributed by atoms with Crippen LogP contribution in [0.2, 0.25) is 5.02 Å². The maximum Gasteiger partial charge on any atom is 0.189 e. The zero-order chi connectivity index (χ0) is 20.7. The molecule has 0 bridgehead atoms. The molecule has 1 heterocycles. The number of piperazine rings is 1. The number of fused-ring (bicyclic) bond motifs is 1. The first-order chi connectivity index (χ1) is 13.9. The number of halogens is 2. The Kier molecular flexibility index (Phi) is 5.36. The summed E-state index contributed by atoms with van der Waals surface area (Å²) in [7, 11) is 3.76. The Morgan fingerprint density at radius 1 is 1.24 bits per heavy atom. The van der Waals surface area contributed by atoms with Crippen molar-refractivity contribution in [3.05, 3.63) is 63.4 Å². The molecule has 1 aliphatic heterocycles. The number of anilines is 1. The summed E-state index contributed by atoms with van der Waals surface area (Å²) in [5.74, 6) is 0.192. The number of allylic oxidation sites excluding steroid dienone is 1. The summed E-state index contributed by atoms with van der Waals surface area (Å²) in [4.78, 5) is 17.6. The molecule has 1 saturated heterocycles. The summed E-state index contributed by atoms with van der Waals surface area (Å²) in [5, 5.41) is 0.335. The van der Waals surface area contributed by atoms with Crippen LogP contribution in [0.15, 0.2) is 35.9 Å². The molecule has 29 heavy (non-hydrogen) atoms. The van der Waals surface area contributed by atoms with E-state index in [0.29, 0.717) is 39.9 Å². The van der Waals surface area contributed by atoms with E-state index in [1.165, 1.54) is 6.07 Å². The first kappa shape index (κ1) is 19.9. The molecule has 6 heteroatoms. The molecule has 1 aliphatic carbocycles. The van der Waals surface area contributed by atoms with Gasteiger partial charge in [0.25, 0.3) is 0 Å². The van der Waals surface area contributed by atoms with Gasteiger partial charge in [-0.15, -0.1) is 0 Å². The van der Waals surface area contributed by atoms with Crippen LogP contribution in [0.3, 0.4) is 0 Å². The molecule has 2 aromatic carbocycles. The van der Waals surface area contributed by atoms with Crippen molar-refractivity contribution in [3.8, 4) is 5.75 Å². The molecule has 4 rings (SSSR count). The van der Waals surface area contributed by atoms with Crippen LogP contribution in [0.25, 0.3) is 6.08 Å². The summed E-state index contributed by atoms with van der Waals surface area (Å²) in [6.07, 6.45) is 2.11. The molecule has 0 spiro atoms. The van der Waals surface area contributed by atoms with E-state index in [0.717, 1.165) is 30.9 Å². The Bertz CT molecular complexity index is 1000. The third-order valence-corrected chi connectivity index (χ3v) is 6.15. The van der Waals surface area contributed by atoms with E-state index in [9.17, 15) is 9.18 Å². The van der Waals surface area contributed by atoms with Gasteiger partial charge in [0.1, 0.15) is 11.6 Å².